The third-order valence-electron chi connectivity index (χ3n) is 8.68. The molecule has 3 aliphatic rings. The lowest BCUT2D eigenvalue weighted by molar-refractivity contribution is 0.0578. The second-order valence-corrected chi connectivity index (χ2v) is 11.2. The molecular formula is C28H42N6. The first-order valence-corrected chi connectivity index (χ1v) is 13.2. The van der Waals surface area contributed by atoms with E-state index in [0.29, 0.717) is 6.04 Å². The highest BCUT2D eigenvalue weighted by molar-refractivity contribution is 5.24. The van der Waals surface area contributed by atoms with E-state index in [2.05, 4.69) is 82.9 Å². The van der Waals surface area contributed by atoms with Crippen LogP contribution in [0.1, 0.15) is 50.6 Å². The van der Waals surface area contributed by atoms with Crippen molar-refractivity contribution in [1.82, 2.24) is 29.6 Å². The minimum absolute atomic E-state index is 0.0197. The molecule has 34 heavy (non-hydrogen) atoms. The highest BCUT2D eigenvalue weighted by Gasteiger charge is 2.51. The van der Waals surface area contributed by atoms with Crippen LogP contribution in [0, 0.1) is 0 Å². The van der Waals surface area contributed by atoms with E-state index < -0.39 is 0 Å². The summed E-state index contributed by atoms with van der Waals surface area (Å²) in [4.78, 5) is 20.0. The van der Waals surface area contributed by atoms with Crippen LogP contribution in [0.4, 0.5) is 0 Å². The van der Waals surface area contributed by atoms with Gasteiger partial charge in [-0.25, -0.2) is 0 Å². The van der Waals surface area contributed by atoms with Gasteiger partial charge in [-0.3, -0.25) is 24.7 Å². The molecule has 2 aromatic heterocycles. The number of piperazine rings is 2. The predicted octanol–water partition coefficient (Wildman–Crippen LogP) is 3.20. The van der Waals surface area contributed by atoms with Gasteiger partial charge in [-0.1, -0.05) is 12.1 Å². The Kier molecular flexibility index (Phi) is 6.77. The quantitative estimate of drug-likeness (QED) is 0.629. The van der Waals surface area contributed by atoms with Crippen molar-refractivity contribution in [1.29, 1.82) is 0 Å². The normalized spacial score (nSPS) is 23.6. The fourth-order valence-electron chi connectivity index (χ4n) is 5.99. The van der Waals surface area contributed by atoms with Crippen molar-refractivity contribution in [2.75, 3.05) is 59.4 Å². The van der Waals surface area contributed by atoms with Crippen LogP contribution >= 0.6 is 0 Å². The molecule has 184 valence electrons. The molecule has 1 aliphatic carbocycles. The lowest BCUT2D eigenvalue weighted by Crippen LogP contribution is -2.53. The van der Waals surface area contributed by atoms with E-state index in [4.69, 9.17) is 4.98 Å². The Morgan fingerprint density at radius 1 is 0.912 bits per heavy atom. The lowest BCUT2D eigenvalue weighted by atomic mass is 9.95. The summed E-state index contributed by atoms with van der Waals surface area (Å²) < 4.78 is 0. The van der Waals surface area contributed by atoms with Crippen LogP contribution in [0.2, 0.25) is 0 Å². The average Bonchev–Trinajstić information content (AvgIpc) is 3.68. The molecule has 6 nitrogen and oxygen atoms in total. The van der Waals surface area contributed by atoms with Crippen LogP contribution in [-0.2, 0) is 17.5 Å². The maximum absolute atomic E-state index is 4.94. The van der Waals surface area contributed by atoms with E-state index >= 15 is 0 Å². The summed E-state index contributed by atoms with van der Waals surface area (Å²) in [5.41, 5.74) is 3.99. The largest absolute Gasteiger partial charge is 0.304 e. The zero-order valence-electron chi connectivity index (χ0n) is 21.6. The number of nitrogens with zero attached hydrogens (tertiary/aromatic N) is 6. The van der Waals surface area contributed by atoms with E-state index in [1.54, 1.807) is 0 Å². The summed E-state index contributed by atoms with van der Waals surface area (Å²) in [5.74, 6) is 0. The van der Waals surface area contributed by atoms with Crippen molar-refractivity contribution in [3.63, 3.8) is 0 Å². The SMILES string of the molecule is CC(Cc1ccc(C(C)(C)N2CCN(C)CC2)nc1)N1CCN(C2(c3ccccn3)CC2)CC1. The Morgan fingerprint density at radius 3 is 2.24 bits per heavy atom. The van der Waals surface area contributed by atoms with Gasteiger partial charge in [0.2, 0.25) is 0 Å². The number of aromatic nitrogens is 2. The Labute approximate surface area is 206 Å². The molecule has 2 aromatic rings. The van der Waals surface area contributed by atoms with Gasteiger partial charge in [-0.2, -0.15) is 0 Å². The van der Waals surface area contributed by atoms with Crippen molar-refractivity contribution in [3.8, 4) is 0 Å². The molecule has 1 unspecified atom stereocenters. The summed E-state index contributed by atoms with van der Waals surface area (Å²) in [6.45, 7) is 16.0. The van der Waals surface area contributed by atoms with Gasteiger partial charge in [0.05, 0.1) is 22.5 Å². The fraction of sp³-hybridized carbons (Fsp3) is 0.643. The number of pyridine rings is 2. The standard InChI is InChI=1S/C28H42N6/c1-23(32-15-19-34(20-16-32)28(10-11-28)26-7-5-6-12-29-26)21-24-8-9-25(30-22-24)27(2,3)33-17-13-31(4)14-18-33/h5-9,12,22-23H,10-11,13-21H2,1-4H3. The molecule has 1 atom stereocenters. The lowest BCUT2D eigenvalue weighted by Gasteiger charge is -2.43. The van der Waals surface area contributed by atoms with E-state index in [0.717, 1.165) is 58.8 Å². The highest BCUT2D eigenvalue weighted by atomic mass is 15.3. The van der Waals surface area contributed by atoms with E-state index in [1.165, 1.54) is 29.8 Å². The molecule has 2 aliphatic heterocycles. The van der Waals surface area contributed by atoms with E-state index in [9.17, 15) is 0 Å². The number of hydrogen-bond donors (Lipinski definition) is 0. The Hall–Kier alpha value is -1.86. The van der Waals surface area contributed by atoms with Crippen molar-refractivity contribution in [2.45, 2.75) is 57.2 Å². The second-order valence-electron chi connectivity index (χ2n) is 11.2. The summed E-state index contributed by atoms with van der Waals surface area (Å²) in [6.07, 6.45) is 7.64. The van der Waals surface area contributed by atoms with Gasteiger partial charge >= 0.3 is 0 Å². The smallest absolute Gasteiger partial charge is 0.0636 e. The van der Waals surface area contributed by atoms with Gasteiger partial charge in [-0.05, 0) is 70.8 Å². The second kappa shape index (κ2) is 9.65. The highest BCUT2D eigenvalue weighted by Crippen LogP contribution is 2.50. The summed E-state index contributed by atoms with van der Waals surface area (Å²) in [7, 11) is 2.21. The molecule has 0 spiro atoms. The Balaban J connectivity index is 1.15. The summed E-state index contributed by atoms with van der Waals surface area (Å²) in [6, 6.07) is 11.5. The topological polar surface area (TPSA) is 38.7 Å². The van der Waals surface area contributed by atoms with Gasteiger partial charge in [0.1, 0.15) is 0 Å². The van der Waals surface area contributed by atoms with Gasteiger partial charge in [0, 0.05) is 70.8 Å². The molecule has 3 fully saturated rings. The molecule has 1 saturated carbocycles. The van der Waals surface area contributed by atoms with Gasteiger partial charge in [-0.15, -0.1) is 0 Å². The molecule has 6 heteroatoms. The van der Waals surface area contributed by atoms with Crippen molar-refractivity contribution >= 4 is 0 Å². The molecule has 5 rings (SSSR count). The zero-order valence-corrected chi connectivity index (χ0v) is 21.6. The van der Waals surface area contributed by atoms with Crippen LogP contribution in [-0.4, -0.2) is 95.0 Å². The van der Waals surface area contributed by atoms with Crippen LogP contribution in [0.5, 0.6) is 0 Å². The maximum atomic E-state index is 4.94. The molecule has 0 bridgehead atoms. The molecule has 2 saturated heterocycles. The first-order valence-electron chi connectivity index (χ1n) is 13.2. The van der Waals surface area contributed by atoms with Crippen molar-refractivity contribution in [2.24, 2.45) is 0 Å². The van der Waals surface area contributed by atoms with Gasteiger partial charge < -0.3 is 4.90 Å². The average molecular weight is 463 g/mol. The Morgan fingerprint density at radius 2 is 1.65 bits per heavy atom. The van der Waals surface area contributed by atoms with E-state index in [-0.39, 0.29) is 11.1 Å². The minimum Gasteiger partial charge on any atom is -0.304 e. The Bertz CT molecular complexity index is 923. The van der Waals surface area contributed by atoms with Crippen LogP contribution in [0.3, 0.4) is 0 Å². The molecule has 0 amide bonds. The zero-order chi connectivity index (χ0) is 23.8. The van der Waals surface area contributed by atoms with Crippen molar-refractivity contribution in [3.05, 3.63) is 59.7 Å². The van der Waals surface area contributed by atoms with Crippen molar-refractivity contribution < 1.29 is 0 Å². The number of hydrogen-bond acceptors (Lipinski definition) is 6. The third-order valence-corrected chi connectivity index (χ3v) is 8.68. The van der Waals surface area contributed by atoms with Crippen LogP contribution in [0.15, 0.2) is 42.7 Å². The predicted molar refractivity (Wildman–Crippen MR) is 138 cm³/mol. The summed E-state index contributed by atoms with van der Waals surface area (Å²) >= 11 is 0. The van der Waals surface area contributed by atoms with Gasteiger partial charge in [0.25, 0.3) is 0 Å². The molecule has 0 aromatic carbocycles. The number of likely N-dealkylation sites (N-methyl/N-ethyl adjacent to an activating group) is 1. The number of rotatable bonds is 7. The first kappa shape index (κ1) is 23.9. The molecular weight excluding hydrogens is 420 g/mol. The van der Waals surface area contributed by atoms with Crippen LogP contribution in [0.25, 0.3) is 0 Å². The third kappa shape index (κ3) is 4.78. The fourth-order valence-corrected chi connectivity index (χ4v) is 5.99. The summed E-state index contributed by atoms with van der Waals surface area (Å²) in [5, 5.41) is 0. The van der Waals surface area contributed by atoms with Gasteiger partial charge in [0.15, 0.2) is 0 Å². The first-order chi connectivity index (χ1) is 16.4. The van der Waals surface area contributed by atoms with E-state index in [1.807, 2.05) is 12.3 Å². The maximum Gasteiger partial charge on any atom is 0.0636 e. The van der Waals surface area contributed by atoms with Crippen LogP contribution < -0.4 is 0 Å². The molecule has 0 N–H and O–H groups in total. The molecule has 0 radical (unpaired) electrons. The molecule has 4 heterocycles. The monoisotopic (exact) mass is 462 g/mol. The minimum atomic E-state index is -0.0197.